The van der Waals surface area contributed by atoms with Gasteiger partial charge in [0, 0.05) is 24.2 Å². The van der Waals surface area contributed by atoms with Crippen LogP contribution in [0, 0.1) is 5.92 Å². The van der Waals surface area contributed by atoms with E-state index in [9.17, 15) is 4.79 Å². The van der Waals surface area contributed by atoms with Gasteiger partial charge in [-0.3, -0.25) is 20.1 Å². The summed E-state index contributed by atoms with van der Waals surface area (Å²) in [5.41, 5.74) is 7.49. The molecule has 1 aliphatic rings. The van der Waals surface area contributed by atoms with Crippen LogP contribution in [0.1, 0.15) is 30.5 Å². The highest BCUT2D eigenvalue weighted by molar-refractivity contribution is 5.87. The van der Waals surface area contributed by atoms with E-state index in [0.29, 0.717) is 24.6 Å². The fraction of sp³-hybridized carbons (Fsp3) is 0.375. The topological polar surface area (TPSA) is 92.9 Å². The Kier molecular flexibility index (Phi) is 6.35. The van der Waals surface area contributed by atoms with Crippen LogP contribution in [0.5, 0.6) is 0 Å². The number of piperidine rings is 1. The number of rotatable bonds is 8. The first kappa shape index (κ1) is 20.4. The standard InChI is InChI=1S/C24H29N5O/c25-23(30)24(17-19-9-14-27-15-10-19,28-16-11-18-7-12-26-13-8-18)22-6-5-20-3-1-2-4-21(20)29-22/h1-6,9-10,14-15,18,26,28H,7-8,11-13,16-17H2,(H2,25,30). The zero-order valence-corrected chi connectivity index (χ0v) is 17.2. The molecular weight excluding hydrogens is 374 g/mol. The van der Waals surface area contributed by atoms with E-state index in [-0.39, 0.29) is 0 Å². The third-order valence-electron chi connectivity index (χ3n) is 6.11. The minimum Gasteiger partial charge on any atom is -0.368 e. The molecule has 6 heteroatoms. The number of nitrogens with one attached hydrogen (secondary N) is 2. The largest absolute Gasteiger partial charge is 0.368 e. The van der Waals surface area contributed by atoms with E-state index < -0.39 is 11.4 Å². The molecule has 1 atom stereocenters. The van der Waals surface area contributed by atoms with E-state index in [1.807, 2.05) is 48.5 Å². The summed E-state index contributed by atoms with van der Waals surface area (Å²) in [6.45, 7) is 2.84. The van der Waals surface area contributed by atoms with Gasteiger partial charge in [0.05, 0.1) is 11.2 Å². The number of carbonyl (C=O) groups is 1. The van der Waals surface area contributed by atoms with Crippen molar-refractivity contribution in [2.75, 3.05) is 19.6 Å². The summed E-state index contributed by atoms with van der Waals surface area (Å²) in [6.07, 6.45) is 7.27. The molecule has 0 spiro atoms. The van der Waals surface area contributed by atoms with Crippen LogP contribution >= 0.6 is 0 Å². The molecule has 6 nitrogen and oxygen atoms in total. The van der Waals surface area contributed by atoms with Crippen molar-refractivity contribution in [3.63, 3.8) is 0 Å². The van der Waals surface area contributed by atoms with E-state index in [4.69, 9.17) is 10.7 Å². The zero-order chi connectivity index (χ0) is 20.8. The average Bonchev–Trinajstić information content (AvgIpc) is 2.79. The molecule has 4 N–H and O–H groups in total. The number of carbonyl (C=O) groups excluding carboxylic acids is 1. The highest BCUT2D eigenvalue weighted by Crippen LogP contribution is 2.27. The fourth-order valence-corrected chi connectivity index (χ4v) is 4.31. The summed E-state index contributed by atoms with van der Waals surface area (Å²) in [4.78, 5) is 21.9. The van der Waals surface area contributed by atoms with Gasteiger partial charge in [-0.2, -0.15) is 0 Å². The maximum Gasteiger partial charge on any atom is 0.244 e. The molecule has 3 heterocycles. The summed E-state index contributed by atoms with van der Waals surface area (Å²) in [5, 5.41) is 7.98. The van der Waals surface area contributed by atoms with Gasteiger partial charge in [0.15, 0.2) is 0 Å². The van der Waals surface area contributed by atoms with Crippen molar-refractivity contribution >= 4 is 16.8 Å². The molecule has 0 bridgehead atoms. The number of hydrogen-bond donors (Lipinski definition) is 3. The number of nitrogens with two attached hydrogens (primary N) is 1. The van der Waals surface area contributed by atoms with Crippen LogP contribution in [-0.4, -0.2) is 35.5 Å². The van der Waals surface area contributed by atoms with Gasteiger partial charge in [-0.05, 0) is 74.6 Å². The lowest BCUT2D eigenvalue weighted by molar-refractivity contribution is -0.125. The second-order valence-corrected chi connectivity index (χ2v) is 8.10. The Morgan fingerprint density at radius 1 is 1.10 bits per heavy atom. The van der Waals surface area contributed by atoms with Gasteiger partial charge in [-0.15, -0.1) is 0 Å². The van der Waals surface area contributed by atoms with Crippen LogP contribution in [0.15, 0.2) is 60.9 Å². The van der Waals surface area contributed by atoms with E-state index >= 15 is 0 Å². The number of hydrogen-bond acceptors (Lipinski definition) is 5. The number of primary amides is 1. The molecule has 1 aliphatic heterocycles. The van der Waals surface area contributed by atoms with Crippen molar-refractivity contribution in [3.8, 4) is 0 Å². The van der Waals surface area contributed by atoms with Gasteiger partial charge in [-0.1, -0.05) is 24.3 Å². The molecule has 1 saturated heterocycles. The number of nitrogens with zero attached hydrogens (tertiary/aromatic N) is 2. The van der Waals surface area contributed by atoms with E-state index in [1.54, 1.807) is 12.4 Å². The monoisotopic (exact) mass is 403 g/mol. The highest BCUT2D eigenvalue weighted by atomic mass is 16.1. The first-order chi connectivity index (χ1) is 14.7. The maximum absolute atomic E-state index is 12.9. The molecular formula is C24H29N5O. The lowest BCUT2D eigenvalue weighted by Gasteiger charge is -2.33. The molecule has 156 valence electrons. The van der Waals surface area contributed by atoms with Gasteiger partial charge in [0.25, 0.3) is 0 Å². The molecule has 1 fully saturated rings. The Morgan fingerprint density at radius 3 is 2.63 bits per heavy atom. The molecule has 2 aromatic heterocycles. The van der Waals surface area contributed by atoms with Crippen molar-refractivity contribution in [1.82, 2.24) is 20.6 Å². The average molecular weight is 404 g/mol. The molecule has 30 heavy (non-hydrogen) atoms. The molecule has 3 aromatic rings. The predicted molar refractivity (Wildman–Crippen MR) is 119 cm³/mol. The lowest BCUT2D eigenvalue weighted by atomic mass is 9.85. The summed E-state index contributed by atoms with van der Waals surface area (Å²) in [7, 11) is 0. The molecule has 1 unspecified atom stereocenters. The third-order valence-corrected chi connectivity index (χ3v) is 6.11. The number of para-hydroxylation sites is 1. The van der Waals surface area contributed by atoms with Gasteiger partial charge < -0.3 is 11.1 Å². The van der Waals surface area contributed by atoms with E-state index in [1.165, 1.54) is 12.8 Å². The minimum atomic E-state index is -1.07. The summed E-state index contributed by atoms with van der Waals surface area (Å²) >= 11 is 0. The summed E-state index contributed by atoms with van der Waals surface area (Å²) < 4.78 is 0. The molecule has 1 aromatic carbocycles. The van der Waals surface area contributed by atoms with Crippen LogP contribution in [0.4, 0.5) is 0 Å². The van der Waals surface area contributed by atoms with E-state index in [2.05, 4.69) is 15.6 Å². The Hall–Kier alpha value is -2.83. The van der Waals surface area contributed by atoms with Crippen LogP contribution < -0.4 is 16.4 Å². The Morgan fingerprint density at radius 2 is 1.87 bits per heavy atom. The van der Waals surface area contributed by atoms with Crippen LogP contribution in [0.3, 0.4) is 0 Å². The molecule has 1 amide bonds. The smallest absolute Gasteiger partial charge is 0.244 e. The first-order valence-electron chi connectivity index (χ1n) is 10.7. The maximum atomic E-state index is 12.9. The lowest BCUT2D eigenvalue weighted by Crippen LogP contribution is -2.55. The molecule has 0 aliphatic carbocycles. The Bertz CT molecular complexity index is 987. The SMILES string of the molecule is NC(=O)C(Cc1ccncc1)(NCCC1CCNCC1)c1ccc2ccccc2n1. The second-order valence-electron chi connectivity index (χ2n) is 8.10. The van der Waals surface area contributed by atoms with Crippen molar-refractivity contribution in [3.05, 3.63) is 72.2 Å². The highest BCUT2D eigenvalue weighted by Gasteiger charge is 2.40. The van der Waals surface area contributed by atoms with Gasteiger partial charge in [0.1, 0.15) is 5.54 Å². The van der Waals surface area contributed by atoms with Crippen LogP contribution in [-0.2, 0) is 16.8 Å². The molecule has 4 rings (SSSR count). The third kappa shape index (κ3) is 4.50. The second kappa shape index (κ2) is 9.32. The quantitative estimate of drug-likeness (QED) is 0.537. The van der Waals surface area contributed by atoms with Crippen molar-refractivity contribution in [2.45, 2.75) is 31.2 Å². The van der Waals surface area contributed by atoms with Crippen LogP contribution in [0.2, 0.25) is 0 Å². The van der Waals surface area contributed by atoms with Gasteiger partial charge >= 0.3 is 0 Å². The van der Waals surface area contributed by atoms with Crippen molar-refractivity contribution in [2.24, 2.45) is 11.7 Å². The number of fused-ring (bicyclic) bond motifs is 1. The molecule has 0 saturated carbocycles. The first-order valence-corrected chi connectivity index (χ1v) is 10.7. The van der Waals surface area contributed by atoms with Crippen LogP contribution in [0.25, 0.3) is 10.9 Å². The molecule has 0 radical (unpaired) electrons. The van der Waals surface area contributed by atoms with Crippen molar-refractivity contribution < 1.29 is 4.79 Å². The number of aromatic nitrogens is 2. The number of amides is 1. The minimum absolute atomic E-state index is 0.410. The normalized spacial score (nSPS) is 16.9. The Labute approximate surface area is 177 Å². The Balaban J connectivity index is 1.66. The van der Waals surface area contributed by atoms with Gasteiger partial charge in [-0.25, -0.2) is 0 Å². The number of benzene rings is 1. The predicted octanol–water partition coefficient (Wildman–Crippen LogP) is 2.53. The number of pyridine rings is 2. The van der Waals surface area contributed by atoms with Gasteiger partial charge in [0.2, 0.25) is 5.91 Å². The summed E-state index contributed by atoms with van der Waals surface area (Å²) in [6, 6.07) is 15.7. The fourth-order valence-electron chi connectivity index (χ4n) is 4.31. The summed E-state index contributed by atoms with van der Waals surface area (Å²) in [5.74, 6) is 0.252. The zero-order valence-electron chi connectivity index (χ0n) is 17.2. The van der Waals surface area contributed by atoms with E-state index in [0.717, 1.165) is 36.0 Å². The van der Waals surface area contributed by atoms with Crippen molar-refractivity contribution in [1.29, 1.82) is 0 Å².